The van der Waals surface area contributed by atoms with Crippen LogP contribution in [0.5, 0.6) is 11.5 Å². The SMILES string of the molecule is COc1cnc(-n2cnc(C(=O)NCCNc3nc(Cl)ncc3C(=O)NCCOCCOCCOCCOCC3=CN(CCOCCOCCOCCOCCC(=O)Oc4c(F)cc(F)cc4F)NN3)n2)c2[nH]cc(C(=O)C(=O)N3CCC(=C(C#N)c4ccccc4)CC3)c12. The number of carbonyl (C=O) groups is 5. The molecule has 8 rings (SSSR count). The van der Waals surface area contributed by atoms with Gasteiger partial charge < -0.3 is 78.6 Å². The standard InChI is InChI=1S/C61H71ClF3N15O15/c1-86-49-36-71-57(52-51(49)45(34-70-52)53(82)60(85)78-13-7-41(8-14-78)44(33-66)40-5-3-2-4-6-40)80-39-73-56(76-80)59(84)68-11-10-67-55-46(35-72-61(62)74-55)58(83)69-12-17-88-20-23-91-27-28-93-29-30-94-38-43-37-79(77-75-43)15-18-89-21-24-92-26-25-90-22-19-87-16-9-50(81)95-54-47(64)31-42(63)32-48(54)65/h2-6,31-32,34-37,39,70,75,77H,7-30,38H2,1H3,(H,68,84)(H,69,83)(H,67,72,74). The minimum atomic E-state index is -1.32. The summed E-state index contributed by atoms with van der Waals surface area (Å²) in [5.41, 5.74) is 9.63. The van der Waals surface area contributed by atoms with Gasteiger partial charge in [-0.2, -0.15) is 14.9 Å². The first-order valence-electron chi connectivity index (χ1n) is 30.1. The zero-order valence-electron chi connectivity index (χ0n) is 51.8. The maximum atomic E-state index is 13.8. The molecule has 2 aromatic carbocycles. The predicted molar refractivity (Wildman–Crippen MR) is 331 cm³/mol. The summed E-state index contributed by atoms with van der Waals surface area (Å²) < 4.78 is 95.8. The fourth-order valence-corrected chi connectivity index (χ4v) is 9.39. The van der Waals surface area contributed by atoms with Crippen LogP contribution in [0.25, 0.3) is 22.3 Å². The fraction of sp³-hybridized carbons (Fsp3) is 0.426. The number of benzene rings is 2. The summed E-state index contributed by atoms with van der Waals surface area (Å²) in [5, 5.41) is 24.7. The summed E-state index contributed by atoms with van der Waals surface area (Å²) in [5.74, 6) is -7.92. The van der Waals surface area contributed by atoms with Crippen molar-refractivity contribution in [3.63, 3.8) is 0 Å². The highest BCUT2D eigenvalue weighted by molar-refractivity contribution is 6.45. The molecule has 4 aromatic heterocycles. The lowest BCUT2D eigenvalue weighted by atomic mass is 9.93. The second-order valence-corrected chi connectivity index (χ2v) is 20.7. The number of amides is 3. The predicted octanol–water partition coefficient (Wildman–Crippen LogP) is 3.66. The summed E-state index contributed by atoms with van der Waals surface area (Å²) in [6.07, 6.45) is 7.81. The highest BCUT2D eigenvalue weighted by Gasteiger charge is 2.31. The van der Waals surface area contributed by atoms with Crippen molar-refractivity contribution < 1.29 is 84.5 Å². The zero-order valence-corrected chi connectivity index (χ0v) is 52.5. The minimum Gasteiger partial charge on any atom is -0.494 e. The number of nitriles is 1. The molecular formula is C61H71ClF3N15O15. The molecule has 1 saturated heterocycles. The van der Waals surface area contributed by atoms with Crippen LogP contribution in [0.15, 0.2) is 84.9 Å². The Morgan fingerprint density at radius 2 is 1.36 bits per heavy atom. The number of likely N-dealkylation sites (tertiary alicyclic amines) is 1. The molecule has 6 heterocycles. The molecule has 0 radical (unpaired) electrons. The highest BCUT2D eigenvalue weighted by Crippen LogP contribution is 2.33. The van der Waals surface area contributed by atoms with Crippen LogP contribution in [0.2, 0.25) is 5.28 Å². The van der Waals surface area contributed by atoms with Gasteiger partial charge in [0.2, 0.25) is 16.9 Å². The van der Waals surface area contributed by atoms with Crippen LogP contribution in [-0.4, -0.2) is 226 Å². The zero-order chi connectivity index (χ0) is 67.2. The van der Waals surface area contributed by atoms with Gasteiger partial charge in [-0.25, -0.2) is 28.1 Å². The molecule has 0 saturated carbocycles. The Hall–Kier alpha value is -9.21. The van der Waals surface area contributed by atoms with Gasteiger partial charge in [-0.05, 0) is 35.6 Å². The van der Waals surface area contributed by atoms with Crippen LogP contribution >= 0.6 is 11.6 Å². The smallest absolute Gasteiger partial charge is 0.313 e. The number of aromatic amines is 1. The Morgan fingerprint density at radius 1 is 0.726 bits per heavy atom. The molecular weight excluding hydrogens is 1280 g/mol. The Labute approximate surface area is 547 Å². The number of H-pyrrole nitrogens is 1. The average molecular weight is 1350 g/mol. The first-order chi connectivity index (χ1) is 46.3. The van der Waals surface area contributed by atoms with Gasteiger partial charge in [-0.15, -0.1) is 10.6 Å². The Morgan fingerprint density at radius 3 is 2.02 bits per heavy atom. The van der Waals surface area contributed by atoms with E-state index in [0.717, 1.165) is 16.8 Å². The van der Waals surface area contributed by atoms with E-state index in [1.807, 2.05) is 41.5 Å². The lowest BCUT2D eigenvalue weighted by Gasteiger charge is -2.28. The van der Waals surface area contributed by atoms with E-state index in [-0.39, 0.29) is 117 Å². The van der Waals surface area contributed by atoms with E-state index in [9.17, 15) is 42.4 Å². The molecule has 0 spiro atoms. The number of esters is 1. The number of rotatable bonds is 41. The molecule has 6 aromatic rings. The number of ketones is 1. The summed E-state index contributed by atoms with van der Waals surface area (Å²) in [4.78, 5) is 86.7. The van der Waals surface area contributed by atoms with Crippen LogP contribution in [0.1, 0.15) is 56.2 Å². The number of fused-ring (bicyclic) bond motifs is 1. The van der Waals surface area contributed by atoms with Crippen LogP contribution in [0, 0.1) is 28.8 Å². The van der Waals surface area contributed by atoms with Crippen molar-refractivity contribution in [1.29, 1.82) is 5.26 Å². The third kappa shape index (κ3) is 21.9. The van der Waals surface area contributed by atoms with E-state index in [2.05, 4.69) is 67.7 Å². The second kappa shape index (κ2) is 38.2. The van der Waals surface area contributed by atoms with Gasteiger partial charge in [0, 0.05) is 63.5 Å². The number of ether oxygens (including phenoxy) is 10. The molecule has 34 heteroatoms. The number of Topliss-reactive ketones (excluding diaryl/α,β-unsaturated/α-hetero) is 1. The van der Waals surface area contributed by atoms with E-state index >= 15 is 0 Å². The van der Waals surface area contributed by atoms with Crippen molar-refractivity contribution >= 4 is 63.4 Å². The number of nitrogens with one attached hydrogen (secondary N) is 6. The lowest BCUT2D eigenvalue weighted by molar-refractivity contribution is -0.136. The normalized spacial score (nSPS) is 12.9. The number of allylic oxidation sites excluding steroid dienone is 1. The number of nitrogens with zero attached hydrogens (tertiary/aromatic N) is 9. The molecule has 2 aliphatic heterocycles. The monoisotopic (exact) mass is 1350 g/mol. The molecule has 6 N–H and O–H groups in total. The van der Waals surface area contributed by atoms with Crippen molar-refractivity contribution in [2.45, 2.75) is 19.3 Å². The molecule has 0 atom stereocenters. The molecule has 30 nitrogen and oxygen atoms in total. The Balaban J connectivity index is 0.613. The number of hydrogen-bond acceptors (Lipinski definition) is 25. The molecule has 0 unspecified atom stereocenters. The van der Waals surface area contributed by atoms with Gasteiger partial charge in [-0.3, -0.25) is 29.0 Å². The van der Waals surface area contributed by atoms with Crippen LogP contribution in [0.3, 0.4) is 0 Å². The number of carbonyl (C=O) groups excluding carboxylic acids is 5. The van der Waals surface area contributed by atoms with E-state index in [1.165, 1.54) is 41.6 Å². The highest BCUT2D eigenvalue weighted by atomic mass is 35.5. The number of piperidine rings is 1. The number of aromatic nitrogens is 7. The van der Waals surface area contributed by atoms with Crippen LogP contribution < -0.4 is 36.4 Å². The van der Waals surface area contributed by atoms with Crippen molar-refractivity contribution in [3.05, 3.63) is 130 Å². The third-order valence-corrected chi connectivity index (χ3v) is 14.1. The van der Waals surface area contributed by atoms with Crippen LogP contribution in [0.4, 0.5) is 19.0 Å². The maximum Gasteiger partial charge on any atom is 0.313 e. The number of methoxy groups -OCH3 is 1. The number of anilines is 1. The molecule has 2 aliphatic rings. The number of halogens is 4. The summed E-state index contributed by atoms with van der Waals surface area (Å²) >= 11 is 6.07. The second-order valence-electron chi connectivity index (χ2n) is 20.4. The average Bonchev–Trinajstić information content (AvgIpc) is 1.64. The van der Waals surface area contributed by atoms with Gasteiger partial charge in [0.25, 0.3) is 23.5 Å². The summed E-state index contributed by atoms with van der Waals surface area (Å²) in [6, 6.07) is 12.5. The Kier molecular flexibility index (Phi) is 28.8. The first-order valence-corrected chi connectivity index (χ1v) is 30.5. The van der Waals surface area contributed by atoms with Gasteiger partial charge in [0.1, 0.15) is 29.3 Å². The van der Waals surface area contributed by atoms with Crippen LogP contribution in [-0.2, 0) is 47.5 Å². The van der Waals surface area contributed by atoms with E-state index < -0.39 is 52.7 Å². The molecule has 0 bridgehead atoms. The van der Waals surface area contributed by atoms with E-state index in [0.29, 0.717) is 115 Å². The third-order valence-electron chi connectivity index (χ3n) is 13.9. The van der Waals surface area contributed by atoms with E-state index in [1.54, 1.807) is 0 Å². The van der Waals surface area contributed by atoms with E-state index in [4.69, 9.17) is 54.2 Å². The molecule has 1 fully saturated rings. The number of pyridine rings is 1. The molecule has 508 valence electrons. The summed E-state index contributed by atoms with van der Waals surface area (Å²) in [6.45, 7) is 6.12. The van der Waals surface area contributed by atoms with Crippen molar-refractivity contribution in [1.82, 2.24) is 66.2 Å². The number of hydrazine groups is 2. The summed E-state index contributed by atoms with van der Waals surface area (Å²) in [7, 11) is 1.41. The topological polar surface area (TPSA) is 353 Å². The van der Waals surface area contributed by atoms with Crippen molar-refractivity contribution in [2.24, 2.45) is 0 Å². The van der Waals surface area contributed by atoms with Gasteiger partial charge in [-0.1, -0.05) is 30.3 Å². The lowest BCUT2D eigenvalue weighted by Crippen LogP contribution is -2.40. The van der Waals surface area contributed by atoms with Crippen molar-refractivity contribution in [2.75, 3.05) is 157 Å². The van der Waals surface area contributed by atoms with Crippen molar-refractivity contribution in [3.8, 4) is 23.4 Å². The number of hydrogen-bond donors (Lipinski definition) is 6. The molecule has 95 heavy (non-hydrogen) atoms. The first kappa shape index (κ1) is 71.6. The minimum absolute atomic E-state index is 0.0462. The fourth-order valence-electron chi connectivity index (χ4n) is 9.25. The maximum absolute atomic E-state index is 13.8. The Bertz CT molecular complexity index is 3620. The quantitative estimate of drug-likeness (QED) is 0.00606. The van der Waals surface area contributed by atoms with Gasteiger partial charge in [0.05, 0.1) is 166 Å². The van der Waals surface area contributed by atoms with Gasteiger partial charge in [0.15, 0.2) is 17.5 Å². The largest absolute Gasteiger partial charge is 0.494 e. The molecule has 3 amide bonds. The van der Waals surface area contributed by atoms with Gasteiger partial charge >= 0.3 is 5.97 Å². The molecule has 0 aliphatic carbocycles.